The molecule has 0 saturated carbocycles. The number of aromatic amines is 1. The summed E-state index contributed by atoms with van der Waals surface area (Å²) < 4.78 is 29.9. The van der Waals surface area contributed by atoms with Gasteiger partial charge in [0.1, 0.15) is 23.6 Å². The van der Waals surface area contributed by atoms with Crippen LogP contribution in [0.5, 0.6) is 11.5 Å². The average molecular weight is 829 g/mol. The minimum absolute atomic E-state index is 0.00396. The van der Waals surface area contributed by atoms with Crippen molar-refractivity contribution in [3.05, 3.63) is 107 Å². The van der Waals surface area contributed by atoms with Crippen molar-refractivity contribution >= 4 is 33.7 Å². The third-order valence-corrected chi connectivity index (χ3v) is 10.1. The van der Waals surface area contributed by atoms with E-state index in [1.54, 1.807) is 36.4 Å². The van der Waals surface area contributed by atoms with Crippen LogP contribution in [0.2, 0.25) is 0 Å². The fourth-order valence-corrected chi connectivity index (χ4v) is 7.35. The van der Waals surface area contributed by atoms with Crippen molar-refractivity contribution < 1.29 is 32.8 Å². The molecular weight excluding hydrogens is 789 g/mol. The van der Waals surface area contributed by atoms with Gasteiger partial charge >= 0.3 is 11.9 Å². The van der Waals surface area contributed by atoms with Gasteiger partial charge in [0, 0.05) is 52.5 Å². The summed E-state index contributed by atoms with van der Waals surface area (Å²) in [6, 6.07) is 26.0. The largest absolute Gasteiger partial charge is 0.490 e. The quantitative estimate of drug-likeness (QED) is 0.0802. The summed E-state index contributed by atoms with van der Waals surface area (Å²) in [6.07, 6.45) is 4.23. The monoisotopic (exact) mass is 828 g/mol. The number of nitrogens with one attached hydrogen (secondary N) is 1. The Hall–Kier alpha value is -8.04. The first kappa shape index (κ1) is 40.7. The minimum Gasteiger partial charge on any atom is -0.490 e. The van der Waals surface area contributed by atoms with Crippen molar-refractivity contribution in [2.24, 2.45) is 7.05 Å². The van der Waals surface area contributed by atoms with Crippen LogP contribution in [-0.2, 0) is 34.2 Å². The molecule has 0 atom stereocenters. The van der Waals surface area contributed by atoms with Crippen molar-refractivity contribution in [2.45, 2.75) is 65.6 Å². The zero-order chi connectivity index (χ0) is 43.5. The Bertz CT molecular complexity index is 3070. The van der Waals surface area contributed by atoms with E-state index in [2.05, 4.69) is 37.4 Å². The van der Waals surface area contributed by atoms with Gasteiger partial charge in [-0.2, -0.15) is 20.5 Å². The Morgan fingerprint density at radius 1 is 0.726 bits per heavy atom. The standard InChI is InChI=1S/C47H40N8O7/c1-26(2)58-38-16-12-28(20-32(38)22-48)46-51-44(53-61-46)36-10-6-8-34-30(24-50-42(34)36)14-18-40(56)60-41(57)19-15-31-25-55(5)43-35(31)9-7-11-37(43)45-52-47(62-54-45)29-13-17-39(59-27(3)4)33(21-29)23-49/h6-13,16-17,20-21,24-27,50H,14-15,18-19H2,1-5H3. The van der Waals surface area contributed by atoms with Crippen LogP contribution in [0.25, 0.3) is 67.5 Å². The number of H-pyrrole nitrogens is 1. The molecule has 8 rings (SSSR count). The maximum atomic E-state index is 12.9. The molecule has 62 heavy (non-hydrogen) atoms. The average Bonchev–Trinajstić information content (AvgIpc) is 4.09. The van der Waals surface area contributed by atoms with Gasteiger partial charge in [0.2, 0.25) is 11.6 Å². The second-order valence-electron chi connectivity index (χ2n) is 15.2. The summed E-state index contributed by atoms with van der Waals surface area (Å²) in [5, 5.41) is 29.5. The summed E-state index contributed by atoms with van der Waals surface area (Å²) >= 11 is 0. The van der Waals surface area contributed by atoms with Crippen LogP contribution >= 0.6 is 0 Å². The molecule has 0 spiro atoms. The van der Waals surface area contributed by atoms with Crippen LogP contribution < -0.4 is 9.47 Å². The fraction of sp³-hybridized carbons (Fsp3) is 0.234. The zero-order valence-electron chi connectivity index (χ0n) is 34.6. The number of hydrogen-bond acceptors (Lipinski definition) is 13. The van der Waals surface area contributed by atoms with Gasteiger partial charge in [-0.3, -0.25) is 9.59 Å². The van der Waals surface area contributed by atoms with Gasteiger partial charge in [-0.05, 0) is 100 Å². The predicted molar refractivity (Wildman–Crippen MR) is 227 cm³/mol. The van der Waals surface area contributed by atoms with E-state index in [4.69, 9.17) is 23.3 Å². The number of ether oxygens (including phenoxy) is 3. The van der Waals surface area contributed by atoms with Crippen LogP contribution in [0.15, 0.2) is 94.2 Å². The molecule has 0 radical (unpaired) electrons. The Morgan fingerprint density at radius 3 is 1.82 bits per heavy atom. The first-order chi connectivity index (χ1) is 30.0. The first-order valence-electron chi connectivity index (χ1n) is 20.0. The summed E-state index contributed by atoms with van der Waals surface area (Å²) in [6.45, 7) is 7.56. The number of aryl methyl sites for hydroxylation is 3. The van der Waals surface area contributed by atoms with Crippen LogP contribution in [0.4, 0.5) is 0 Å². The van der Waals surface area contributed by atoms with Crippen molar-refractivity contribution in [3.8, 4) is 69.3 Å². The molecule has 0 amide bonds. The number of nitriles is 2. The Labute approximate surface area is 355 Å². The molecule has 310 valence electrons. The Kier molecular flexibility index (Phi) is 11.4. The molecule has 0 aliphatic carbocycles. The van der Waals surface area contributed by atoms with E-state index in [9.17, 15) is 20.1 Å². The highest BCUT2D eigenvalue weighted by Crippen LogP contribution is 2.34. The van der Waals surface area contributed by atoms with Crippen LogP contribution in [0.3, 0.4) is 0 Å². The van der Waals surface area contributed by atoms with E-state index in [-0.39, 0.29) is 36.8 Å². The smallest absolute Gasteiger partial charge is 0.313 e. The number of para-hydroxylation sites is 2. The molecular formula is C47H40N8O7. The van der Waals surface area contributed by atoms with Crippen molar-refractivity contribution in [1.82, 2.24) is 29.8 Å². The summed E-state index contributed by atoms with van der Waals surface area (Å²) in [5.74, 6) is 0.936. The molecule has 0 fully saturated rings. The maximum absolute atomic E-state index is 12.9. The number of esters is 2. The summed E-state index contributed by atoms with van der Waals surface area (Å²) in [7, 11) is 1.90. The maximum Gasteiger partial charge on any atom is 0.313 e. The summed E-state index contributed by atoms with van der Waals surface area (Å²) in [5.41, 5.74) is 6.66. The number of fused-ring (bicyclic) bond motifs is 2. The molecule has 4 heterocycles. The van der Waals surface area contributed by atoms with E-state index in [1.807, 2.05) is 88.1 Å². The highest BCUT2D eigenvalue weighted by molar-refractivity contribution is 5.97. The van der Waals surface area contributed by atoms with Crippen molar-refractivity contribution in [1.29, 1.82) is 10.5 Å². The molecule has 0 aliphatic heterocycles. The molecule has 4 aromatic heterocycles. The Balaban J connectivity index is 0.893. The van der Waals surface area contributed by atoms with Gasteiger partial charge in [0.25, 0.3) is 11.8 Å². The number of aromatic nitrogens is 6. The minimum atomic E-state index is -0.623. The van der Waals surface area contributed by atoms with Gasteiger partial charge < -0.3 is 32.8 Å². The molecule has 15 nitrogen and oxygen atoms in total. The van der Waals surface area contributed by atoms with E-state index in [0.29, 0.717) is 63.8 Å². The van der Waals surface area contributed by atoms with Crippen molar-refractivity contribution in [3.63, 3.8) is 0 Å². The van der Waals surface area contributed by atoms with Crippen LogP contribution in [0, 0.1) is 22.7 Å². The van der Waals surface area contributed by atoms with Gasteiger partial charge in [0.05, 0.1) is 47.2 Å². The SMILES string of the molecule is CC(C)Oc1ccc(-c2nc(-c3cccc4c(CCC(=O)OC(=O)CCc5cn(C)c6c(-c7noc(-c8ccc(OC(C)C)c(C#N)c8)n7)cccc56)c[nH]c34)no2)cc1C#N. The number of rotatable bonds is 14. The van der Waals surface area contributed by atoms with E-state index in [1.165, 1.54) is 0 Å². The predicted octanol–water partition coefficient (Wildman–Crippen LogP) is 9.05. The van der Waals surface area contributed by atoms with E-state index in [0.717, 1.165) is 38.5 Å². The lowest BCUT2D eigenvalue weighted by molar-refractivity contribution is -0.159. The molecule has 8 aromatic rings. The normalized spacial score (nSPS) is 11.3. The Morgan fingerprint density at radius 2 is 1.26 bits per heavy atom. The summed E-state index contributed by atoms with van der Waals surface area (Å²) in [4.78, 5) is 38.3. The number of nitrogens with zero attached hydrogens (tertiary/aromatic N) is 7. The number of carbonyl (C=O) groups is 2. The van der Waals surface area contributed by atoms with Crippen molar-refractivity contribution in [2.75, 3.05) is 0 Å². The van der Waals surface area contributed by atoms with E-state index < -0.39 is 11.9 Å². The third kappa shape index (κ3) is 8.37. The van der Waals surface area contributed by atoms with Crippen LogP contribution in [0.1, 0.15) is 62.8 Å². The molecule has 0 bridgehead atoms. The van der Waals surface area contributed by atoms with Gasteiger partial charge in [0.15, 0.2) is 0 Å². The number of hydrogen-bond donors (Lipinski definition) is 1. The molecule has 15 heteroatoms. The van der Waals surface area contributed by atoms with E-state index >= 15 is 0 Å². The lowest BCUT2D eigenvalue weighted by Gasteiger charge is -2.11. The molecule has 4 aromatic carbocycles. The molecule has 0 saturated heterocycles. The lowest BCUT2D eigenvalue weighted by atomic mass is 10.0. The lowest BCUT2D eigenvalue weighted by Crippen LogP contribution is -2.13. The number of benzene rings is 4. The molecule has 1 N–H and O–H groups in total. The van der Waals surface area contributed by atoms with Gasteiger partial charge in [-0.15, -0.1) is 0 Å². The fourth-order valence-electron chi connectivity index (χ4n) is 7.35. The molecule has 0 aliphatic rings. The zero-order valence-corrected chi connectivity index (χ0v) is 34.6. The molecule has 0 unspecified atom stereocenters. The second-order valence-corrected chi connectivity index (χ2v) is 15.2. The number of carbonyl (C=O) groups excluding carboxylic acids is 2. The van der Waals surface area contributed by atoms with Gasteiger partial charge in [-0.1, -0.05) is 34.6 Å². The highest BCUT2D eigenvalue weighted by atomic mass is 16.6. The van der Waals surface area contributed by atoms with Gasteiger partial charge in [-0.25, -0.2) is 0 Å². The third-order valence-electron chi connectivity index (χ3n) is 10.1. The second kappa shape index (κ2) is 17.3. The topological polar surface area (TPSA) is 208 Å². The highest BCUT2D eigenvalue weighted by Gasteiger charge is 2.21. The first-order valence-corrected chi connectivity index (χ1v) is 20.0. The van der Waals surface area contributed by atoms with Crippen LogP contribution in [-0.4, -0.2) is 54.0 Å².